The van der Waals surface area contributed by atoms with Gasteiger partial charge in [-0.3, -0.25) is 0 Å². The van der Waals surface area contributed by atoms with E-state index in [-0.39, 0.29) is 12.3 Å². The monoisotopic (exact) mass is 250 g/mol. The molecule has 0 amide bonds. The Bertz CT molecular complexity index is 276. The molecule has 2 atom stereocenters. The van der Waals surface area contributed by atoms with Gasteiger partial charge in [0, 0.05) is 0 Å². The van der Waals surface area contributed by atoms with Crippen molar-refractivity contribution in [1.82, 2.24) is 0 Å². The number of aliphatic hydroxyl groups excluding tert-OH is 3. The fraction of sp³-hybridized carbons (Fsp3) is 0.800. The number of esters is 2. The lowest BCUT2D eigenvalue weighted by molar-refractivity contribution is -0.183. The van der Waals surface area contributed by atoms with E-state index in [2.05, 4.69) is 4.74 Å². The second-order valence-corrected chi connectivity index (χ2v) is 4.19. The number of aliphatic hydroxyl groups is 4. The standard InChI is InChI=1S/C10H18O7/c1-6(2)3-10(16,5-12)9(15)17-8(14)7(13)4-11/h6-7,11-13,16H,3-5H2,1-2H3. The SMILES string of the molecule is CC(C)CC(O)(CO)C(=O)OC(=O)C(O)CO. The summed E-state index contributed by atoms with van der Waals surface area (Å²) in [7, 11) is 0. The number of ether oxygens (including phenoxy) is 1. The Hall–Kier alpha value is -1.02. The highest BCUT2D eigenvalue weighted by Crippen LogP contribution is 2.18. The van der Waals surface area contributed by atoms with Crippen LogP contribution in [-0.2, 0) is 14.3 Å². The Morgan fingerprint density at radius 1 is 1.29 bits per heavy atom. The zero-order valence-electron chi connectivity index (χ0n) is 9.79. The lowest BCUT2D eigenvalue weighted by Crippen LogP contribution is -2.47. The van der Waals surface area contributed by atoms with E-state index in [1.807, 2.05) is 0 Å². The van der Waals surface area contributed by atoms with Gasteiger partial charge >= 0.3 is 11.9 Å². The van der Waals surface area contributed by atoms with Gasteiger partial charge in [-0.1, -0.05) is 13.8 Å². The van der Waals surface area contributed by atoms with Crippen LogP contribution < -0.4 is 0 Å². The van der Waals surface area contributed by atoms with Gasteiger partial charge in [0.15, 0.2) is 11.7 Å². The third-order valence-electron chi connectivity index (χ3n) is 2.03. The number of carbonyl (C=O) groups is 2. The molecule has 0 aromatic carbocycles. The Kier molecular flexibility index (Phi) is 6.25. The molecule has 17 heavy (non-hydrogen) atoms. The van der Waals surface area contributed by atoms with Gasteiger partial charge in [0.05, 0.1) is 13.2 Å². The van der Waals surface area contributed by atoms with Gasteiger partial charge in [-0.2, -0.15) is 0 Å². The Morgan fingerprint density at radius 2 is 1.82 bits per heavy atom. The first kappa shape index (κ1) is 16.0. The average Bonchev–Trinajstić information content (AvgIpc) is 2.26. The van der Waals surface area contributed by atoms with Crippen LogP contribution in [0.25, 0.3) is 0 Å². The van der Waals surface area contributed by atoms with Crippen LogP contribution in [0.3, 0.4) is 0 Å². The molecule has 0 aromatic heterocycles. The molecule has 0 rings (SSSR count). The minimum atomic E-state index is -2.18. The third kappa shape index (κ3) is 4.78. The predicted molar refractivity (Wildman–Crippen MR) is 55.7 cm³/mol. The maximum absolute atomic E-state index is 11.4. The quantitative estimate of drug-likeness (QED) is 0.323. The molecule has 0 spiro atoms. The van der Waals surface area contributed by atoms with E-state index in [0.29, 0.717) is 0 Å². The van der Waals surface area contributed by atoms with Gasteiger partial charge in [-0.25, -0.2) is 9.59 Å². The molecule has 0 fully saturated rings. The summed E-state index contributed by atoms with van der Waals surface area (Å²) >= 11 is 0. The van der Waals surface area contributed by atoms with Crippen molar-refractivity contribution in [1.29, 1.82) is 0 Å². The van der Waals surface area contributed by atoms with Gasteiger partial charge in [0.25, 0.3) is 0 Å². The molecular formula is C10H18O7. The Labute approximate surface area is 98.6 Å². The fourth-order valence-electron chi connectivity index (χ4n) is 1.22. The van der Waals surface area contributed by atoms with E-state index in [9.17, 15) is 14.7 Å². The minimum Gasteiger partial charge on any atom is -0.393 e. The molecule has 0 aliphatic carbocycles. The van der Waals surface area contributed by atoms with Crippen molar-refractivity contribution in [2.45, 2.75) is 32.0 Å². The molecule has 0 saturated carbocycles. The predicted octanol–water partition coefficient (Wildman–Crippen LogP) is -1.82. The Morgan fingerprint density at radius 3 is 2.18 bits per heavy atom. The van der Waals surface area contributed by atoms with Crippen molar-refractivity contribution in [3.8, 4) is 0 Å². The van der Waals surface area contributed by atoms with Crippen LogP contribution in [0.4, 0.5) is 0 Å². The van der Waals surface area contributed by atoms with E-state index < -0.39 is 36.9 Å². The number of carbonyl (C=O) groups excluding carboxylic acids is 2. The van der Waals surface area contributed by atoms with Crippen LogP contribution in [0.2, 0.25) is 0 Å². The first-order chi connectivity index (χ1) is 7.76. The summed E-state index contributed by atoms with van der Waals surface area (Å²) in [6, 6.07) is 0. The molecule has 0 aliphatic rings. The molecule has 0 heterocycles. The summed E-state index contributed by atoms with van der Waals surface area (Å²) in [6.07, 6.45) is -1.94. The third-order valence-corrected chi connectivity index (χ3v) is 2.03. The molecule has 2 unspecified atom stereocenters. The molecule has 7 nitrogen and oxygen atoms in total. The van der Waals surface area contributed by atoms with Crippen molar-refractivity contribution in [3.05, 3.63) is 0 Å². The fourth-order valence-corrected chi connectivity index (χ4v) is 1.22. The summed E-state index contributed by atoms with van der Waals surface area (Å²) in [6.45, 7) is 1.62. The van der Waals surface area contributed by atoms with Gasteiger partial charge in [-0.05, 0) is 12.3 Å². The van der Waals surface area contributed by atoms with E-state index in [0.717, 1.165) is 0 Å². The summed E-state index contributed by atoms with van der Waals surface area (Å²) < 4.78 is 4.16. The van der Waals surface area contributed by atoms with Crippen molar-refractivity contribution >= 4 is 11.9 Å². The zero-order valence-corrected chi connectivity index (χ0v) is 9.79. The highest BCUT2D eigenvalue weighted by atomic mass is 16.6. The van der Waals surface area contributed by atoms with Crippen LogP contribution in [-0.4, -0.2) is 57.3 Å². The maximum Gasteiger partial charge on any atom is 0.348 e. The summed E-state index contributed by atoms with van der Waals surface area (Å²) in [5.41, 5.74) is -2.18. The second-order valence-electron chi connectivity index (χ2n) is 4.19. The smallest absolute Gasteiger partial charge is 0.348 e. The maximum atomic E-state index is 11.4. The van der Waals surface area contributed by atoms with Crippen LogP contribution in [0.5, 0.6) is 0 Å². The largest absolute Gasteiger partial charge is 0.393 e. The first-order valence-electron chi connectivity index (χ1n) is 5.15. The summed E-state index contributed by atoms with van der Waals surface area (Å²) in [5.74, 6) is -2.82. The molecule has 0 radical (unpaired) electrons. The molecule has 0 aromatic rings. The highest BCUT2D eigenvalue weighted by molar-refractivity contribution is 5.92. The van der Waals surface area contributed by atoms with Crippen LogP contribution in [0.15, 0.2) is 0 Å². The normalized spacial score (nSPS) is 16.4. The van der Waals surface area contributed by atoms with Gasteiger partial charge in [0.2, 0.25) is 0 Å². The molecule has 0 bridgehead atoms. The van der Waals surface area contributed by atoms with Crippen molar-refractivity contribution in [2.24, 2.45) is 5.92 Å². The van der Waals surface area contributed by atoms with Gasteiger partial charge < -0.3 is 25.2 Å². The van der Waals surface area contributed by atoms with Crippen molar-refractivity contribution < 1.29 is 34.8 Å². The van der Waals surface area contributed by atoms with Crippen LogP contribution >= 0.6 is 0 Å². The van der Waals surface area contributed by atoms with Gasteiger partial charge in [-0.15, -0.1) is 0 Å². The first-order valence-corrected chi connectivity index (χ1v) is 5.15. The van der Waals surface area contributed by atoms with Crippen LogP contribution in [0, 0.1) is 5.92 Å². The molecule has 0 saturated heterocycles. The zero-order chi connectivity index (χ0) is 13.6. The molecule has 4 N–H and O–H groups in total. The molecule has 100 valence electrons. The lowest BCUT2D eigenvalue weighted by Gasteiger charge is -2.25. The Balaban J connectivity index is 4.60. The average molecular weight is 250 g/mol. The highest BCUT2D eigenvalue weighted by Gasteiger charge is 2.39. The van der Waals surface area contributed by atoms with E-state index >= 15 is 0 Å². The summed E-state index contributed by atoms with van der Waals surface area (Å²) in [5, 5.41) is 36.0. The molecule has 0 aliphatic heterocycles. The van der Waals surface area contributed by atoms with E-state index in [4.69, 9.17) is 15.3 Å². The topological polar surface area (TPSA) is 124 Å². The van der Waals surface area contributed by atoms with Crippen LogP contribution in [0.1, 0.15) is 20.3 Å². The molecule has 7 heteroatoms. The summed E-state index contributed by atoms with van der Waals surface area (Å²) in [4.78, 5) is 22.4. The van der Waals surface area contributed by atoms with E-state index in [1.54, 1.807) is 13.8 Å². The number of hydrogen-bond acceptors (Lipinski definition) is 7. The molecular weight excluding hydrogens is 232 g/mol. The number of hydrogen-bond donors (Lipinski definition) is 4. The minimum absolute atomic E-state index is 0.0924. The second kappa shape index (κ2) is 6.65. The number of rotatable bonds is 6. The van der Waals surface area contributed by atoms with Crippen molar-refractivity contribution in [3.63, 3.8) is 0 Å². The lowest BCUT2D eigenvalue weighted by atomic mass is 9.93. The van der Waals surface area contributed by atoms with E-state index in [1.165, 1.54) is 0 Å². The van der Waals surface area contributed by atoms with Gasteiger partial charge in [0.1, 0.15) is 0 Å². The van der Waals surface area contributed by atoms with Crippen molar-refractivity contribution in [2.75, 3.05) is 13.2 Å².